The molecule has 0 saturated carbocycles. The maximum absolute atomic E-state index is 11.2. The van der Waals surface area contributed by atoms with E-state index in [-0.39, 0.29) is 0 Å². The molecule has 1 aliphatic rings. The highest BCUT2D eigenvalue weighted by Gasteiger charge is 2.16. The molecule has 1 aliphatic heterocycles. The number of nitrogens with one attached hydrogen (secondary N) is 1. The van der Waals surface area contributed by atoms with Crippen LogP contribution in [0, 0.1) is 18.0 Å². The Morgan fingerprint density at radius 1 is 1.30 bits per heavy atom. The van der Waals surface area contributed by atoms with Gasteiger partial charge in [0.1, 0.15) is 5.82 Å². The molecule has 0 spiro atoms. The van der Waals surface area contributed by atoms with Gasteiger partial charge in [-0.15, -0.1) is 0 Å². The molecule has 6 heteroatoms. The molecule has 0 amide bonds. The molecule has 0 radical (unpaired) electrons. The van der Waals surface area contributed by atoms with Gasteiger partial charge in [0.25, 0.3) is 0 Å². The molecule has 0 bridgehead atoms. The van der Waals surface area contributed by atoms with Crippen molar-refractivity contribution in [3.05, 3.63) is 45.7 Å². The number of benzene rings is 1. The van der Waals surface area contributed by atoms with Crippen molar-refractivity contribution >= 4 is 21.7 Å². The first-order chi connectivity index (χ1) is 11.1. The summed E-state index contributed by atoms with van der Waals surface area (Å²) >= 11 is 3.44. The summed E-state index contributed by atoms with van der Waals surface area (Å²) in [5.41, 5.74) is 1.93. The summed E-state index contributed by atoms with van der Waals surface area (Å²) in [6.45, 7) is 4.13. The van der Waals surface area contributed by atoms with Crippen LogP contribution in [0.2, 0.25) is 0 Å². The lowest BCUT2D eigenvalue weighted by Crippen LogP contribution is -2.14. The third-order valence-corrected chi connectivity index (χ3v) is 4.59. The van der Waals surface area contributed by atoms with Gasteiger partial charge in [-0.25, -0.2) is 9.97 Å². The average molecular weight is 376 g/mol. The zero-order chi connectivity index (χ0) is 16.2. The number of aryl methyl sites for hydroxylation is 1. The van der Waals surface area contributed by atoms with Crippen LogP contribution in [0.15, 0.2) is 34.8 Å². The summed E-state index contributed by atoms with van der Waals surface area (Å²) < 4.78 is 1.04. The van der Waals surface area contributed by atoms with Crippen LogP contribution in [0.5, 0.6) is 0 Å². The molecule has 23 heavy (non-hydrogen) atoms. The Morgan fingerprint density at radius 3 is 2.78 bits per heavy atom. The highest BCUT2D eigenvalue weighted by Crippen LogP contribution is 2.21. The maximum atomic E-state index is 11.2. The third-order valence-electron chi connectivity index (χ3n) is 4.06. The van der Waals surface area contributed by atoms with Crippen LogP contribution in [-0.4, -0.2) is 34.7 Å². The third kappa shape index (κ3) is 4.50. The monoisotopic (exact) mass is 375 g/mol. The van der Waals surface area contributed by atoms with Crippen molar-refractivity contribution in [2.24, 2.45) is 5.92 Å². The van der Waals surface area contributed by atoms with Crippen LogP contribution in [0.3, 0.4) is 0 Å². The van der Waals surface area contributed by atoms with Crippen molar-refractivity contribution in [1.82, 2.24) is 15.0 Å². The largest absolute Gasteiger partial charge is 0.785 e. The van der Waals surface area contributed by atoms with Crippen LogP contribution in [0.25, 0.3) is 11.4 Å². The van der Waals surface area contributed by atoms with Crippen molar-refractivity contribution in [3.63, 3.8) is 0 Å². The minimum absolute atomic E-state index is 0.494. The Labute approximate surface area is 144 Å². The number of rotatable bonds is 5. The highest BCUT2D eigenvalue weighted by atomic mass is 79.9. The number of halogens is 1. The molecular formula is C17H20BrN4O-. The van der Waals surface area contributed by atoms with E-state index >= 15 is 0 Å². The van der Waals surface area contributed by atoms with E-state index in [1.807, 2.05) is 37.3 Å². The number of hydrogen-bond acceptors (Lipinski definition) is 5. The molecule has 3 rings (SSSR count). The molecular weight excluding hydrogens is 356 g/mol. The molecule has 122 valence electrons. The van der Waals surface area contributed by atoms with Crippen molar-refractivity contribution in [1.29, 1.82) is 0 Å². The Morgan fingerprint density at radius 2 is 2.09 bits per heavy atom. The molecule has 5 nitrogen and oxygen atoms in total. The lowest BCUT2D eigenvalue weighted by Gasteiger charge is -2.20. The second kappa shape index (κ2) is 7.38. The van der Waals surface area contributed by atoms with E-state index in [1.54, 1.807) is 0 Å². The molecule has 1 atom stereocenters. The molecule has 1 fully saturated rings. The first-order valence-electron chi connectivity index (χ1n) is 7.88. The molecule has 1 N–H and O–H groups in total. The first-order valence-corrected chi connectivity index (χ1v) is 8.67. The van der Waals surface area contributed by atoms with Crippen LogP contribution >= 0.6 is 15.9 Å². The molecule has 0 aliphatic carbocycles. The lowest BCUT2D eigenvalue weighted by atomic mass is 10.1. The minimum Gasteiger partial charge on any atom is -0.785 e. The van der Waals surface area contributed by atoms with Crippen LogP contribution in [0.1, 0.15) is 18.5 Å². The standard InChI is InChI=1S/C17H20BrN4O/c1-12-10-16(19-8-6-13-7-9-22(23)11-13)21-17(20-12)14-2-4-15(18)5-3-14/h2-5,10,13H,6-9,11H2,1H3,(H,19,20,21)/q-1. The molecule has 2 aromatic rings. The van der Waals surface area contributed by atoms with Gasteiger partial charge in [0, 0.05) is 28.3 Å². The molecule has 1 aromatic carbocycles. The summed E-state index contributed by atoms with van der Waals surface area (Å²) in [5, 5.41) is 15.8. The number of hydrogen-bond donors (Lipinski definition) is 1. The van der Waals surface area contributed by atoms with Crippen molar-refractivity contribution in [2.75, 3.05) is 25.0 Å². The topological polar surface area (TPSA) is 64.1 Å². The van der Waals surface area contributed by atoms with Crippen molar-refractivity contribution < 1.29 is 0 Å². The zero-order valence-electron chi connectivity index (χ0n) is 13.1. The quantitative estimate of drug-likeness (QED) is 0.859. The van der Waals surface area contributed by atoms with Gasteiger partial charge in [-0.3, -0.25) is 0 Å². The molecule has 2 heterocycles. The van der Waals surface area contributed by atoms with Crippen LogP contribution in [-0.2, 0) is 0 Å². The summed E-state index contributed by atoms with van der Waals surface area (Å²) in [6.07, 6.45) is 1.99. The Kier molecular flexibility index (Phi) is 5.25. The normalized spacial score (nSPS) is 18.3. The molecule has 1 saturated heterocycles. The Bertz CT molecular complexity index is 662. The van der Waals surface area contributed by atoms with Crippen LogP contribution in [0.4, 0.5) is 5.82 Å². The van der Waals surface area contributed by atoms with E-state index in [0.717, 1.165) is 51.8 Å². The van der Waals surface area contributed by atoms with Gasteiger partial charge in [0.05, 0.1) is 0 Å². The van der Waals surface area contributed by atoms with Gasteiger partial charge in [-0.2, -0.15) is 0 Å². The first kappa shape index (κ1) is 16.4. The predicted molar refractivity (Wildman–Crippen MR) is 96.1 cm³/mol. The fraction of sp³-hybridized carbons (Fsp3) is 0.412. The lowest BCUT2D eigenvalue weighted by molar-refractivity contribution is 0.433. The number of aromatic nitrogens is 2. The van der Waals surface area contributed by atoms with Crippen molar-refractivity contribution in [3.8, 4) is 11.4 Å². The second-order valence-corrected chi connectivity index (χ2v) is 6.90. The van der Waals surface area contributed by atoms with Crippen molar-refractivity contribution in [2.45, 2.75) is 19.8 Å². The van der Waals surface area contributed by atoms with E-state index in [1.165, 1.54) is 0 Å². The summed E-state index contributed by atoms with van der Waals surface area (Å²) in [6, 6.07) is 9.94. The average Bonchev–Trinajstić information content (AvgIpc) is 2.93. The number of anilines is 1. The van der Waals surface area contributed by atoms with E-state index in [4.69, 9.17) is 0 Å². The molecule has 1 aromatic heterocycles. The fourth-order valence-corrected chi connectivity index (χ4v) is 3.09. The predicted octanol–water partition coefficient (Wildman–Crippen LogP) is 3.84. The summed E-state index contributed by atoms with van der Waals surface area (Å²) in [5.74, 6) is 2.06. The second-order valence-electron chi connectivity index (χ2n) is 5.98. The van der Waals surface area contributed by atoms with Gasteiger partial charge >= 0.3 is 0 Å². The number of nitrogens with zero attached hydrogens (tertiary/aromatic N) is 3. The minimum atomic E-state index is 0.494. The van der Waals surface area contributed by atoms with E-state index in [0.29, 0.717) is 19.0 Å². The van der Waals surface area contributed by atoms with E-state index < -0.39 is 0 Å². The maximum Gasteiger partial charge on any atom is 0.161 e. The Balaban J connectivity index is 1.64. The highest BCUT2D eigenvalue weighted by molar-refractivity contribution is 9.10. The smallest absolute Gasteiger partial charge is 0.161 e. The zero-order valence-corrected chi connectivity index (χ0v) is 14.7. The number of hydroxylamine groups is 2. The van der Waals surface area contributed by atoms with Crippen LogP contribution < -0.4 is 5.32 Å². The SMILES string of the molecule is Cc1cc(NCCC2CCN([O-])C2)nc(-c2ccc(Br)cc2)n1. The molecule has 1 unspecified atom stereocenters. The van der Waals surface area contributed by atoms with Gasteiger partial charge in [0.15, 0.2) is 5.82 Å². The van der Waals surface area contributed by atoms with Gasteiger partial charge in [-0.05, 0) is 50.9 Å². The van der Waals surface area contributed by atoms with Gasteiger partial charge < -0.3 is 15.6 Å². The fourth-order valence-electron chi connectivity index (χ4n) is 2.82. The van der Waals surface area contributed by atoms with E-state index in [9.17, 15) is 5.21 Å². The summed E-state index contributed by atoms with van der Waals surface area (Å²) in [4.78, 5) is 9.12. The van der Waals surface area contributed by atoms with Gasteiger partial charge in [-0.1, -0.05) is 28.1 Å². The van der Waals surface area contributed by atoms with E-state index in [2.05, 4.69) is 31.2 Å². The Hall–Kier alpha value is -1.50. The summed E-state index contributed by atoms with van der Waals surface area (Å²) in [7, 11) is 0. The van der Waals surface area contributed by atoms with Gasteiger partial charge in [0.2, 0.25) is 0 Å².